The molecule has 0 spiro atoms. The normalized spacial score (nSPS) is 48.2. The van der Waals surface area contributed by atoms with Crippen molar-refractivity contribution in [2.45, 2.75) is 57.5 Å². The Kier molecular flexibility index (Phi) is 3.44. The zero-order valence-corrected chi connectivity index (χ0v) is 19.2. The molecule has 0 amide bonds. The van der Waals surface area contributed by atoms with Crippen LogP contribution in [0, 0.1) is 19.0 Å². The van der Waals surface area contributed by atoms with Crippen LogP contribution in [0.25, 0.3) is 0 Å². The maximum Gasteiger partial charge on any atom is 0.187 e. The summed E-state index contributed by atoms with van der Waals surface area (Å²) >= 11 is 3.96. The lowest BCUT2D eigenvalue weighted by Crippen LogP contribution is -2.58. The van der Waals surface area contributed by atoms with Gasteiger partial charge in [0, 0.05) is 19.0 Å². The zero-order chi connectivity index (χ0) is 18.2. The molecule has 5 aliphatic rings. The predicted octanol–water partition coefficient (Wildman–Crippen LogP) is 1.77. The minimum absolute atomic E-state index is 0.00744. The summed E-state index contributed by atoms with van der Waals surface area (Å²) in [6.07, 6.45) is 0.693. The van der Waals surface area contributed by atoms with Crippen molar-refractivity contribution in [1.29, 1.82) is 0 Å². The van der Waals surface area contributed by atoms with E-state index in [2.05, 4.69) is 0 Å². The van der Waals surface area contributed by atoms with Crippen LogP contribution in [0.3, 0.4) is 0 Å². The number of hydrogen-bond acceptors (Lipinski definition) is 6. The zero-order valence-electron chi connectivity index (χ0n) is 13.2. The molecule has 6 rings (SSSR count). The Morgan fingerprint density at radius 2 is 1.42 bits per heavy atom. The minimum Gasteiger partial charge on any atom is -0.374 e. The summed E-state index contributed by atoms with van der Waals surface area (Å²) in [6, 6.07) is 3.20. The van der Waals surface area contributed by atoms with Crippen molar-refractivity contribution in [2.24, 2.45) is 11.8 Å². The summed E-state index contributed by atoms with van der Waals surface area (Å²) in [7, 11) is -7.59. The molecule has 26 heavy (non-hydrogen) atoms. The van der Waals surface area contributed by atoms with E-state index in [0.29, 0.717) is 7.14 Å². The van der Waals surface area contributed by atoms with Crippen LogP contribution in [0.15, 0.2) is 21.9 Å². The fourth-order valence-corrected chi connectivity index (χ4v) is 14.8. The van der Waals surface area contributed by atoms with Crippen LogP contribution in [0.4, 0.5) is 0 Å². The third kappa shape index (κ3) is 1.85. The lowest BCUT2D eigenvalue weighted by molar-refractivity contribution is 0.00849. The first-order valence-corrected chi connectivity index (χ1v) is 13.8. The monoisotopic (exact) mass is 620 g/mol. The fraction of sp³-hybridized carbons (Fsp3) is 0.625. The van der Waals surface area contributed by atoms with Gasteiger partial charge in [-0.15, -0.1) is 0 Å². The van der Waals surface area contributed by atoms with Crippen LogP contribution in [0.1, 0.15) is 12.8 Å². The molecule has 1 aromatic carbocycles. The molecular formula is C16H14I2O6S2. The minimum atomic E-state index is -3.79. The van der Waals surface area contributed by atoms with Crippen LogP contribution in [-0.4, -0.2) is 51.8 Å². The highest BCUT2D eigenvalue weighted by Crippen LogP contribution is 2.61. The van der Waals surface area contributed by atoms with Gasteiger partial charge in [0.25, 0.3) is 0 Å². The summed E-state index contributed by atoms with van der Waals surface area (Å²) < 4.78 is 67.2. The summed E-state index contributed by atoms with van der Waals surface area (Å²) in [4.78, 5) is -0.0802. The van der Waals surface area contributed by atoms with E-state index in [-0.39, 0.29) is 33.8 Å². The second-order valence-corrected chi connectivity index (χ2v) is 14.3. The van der Waals surface area contributed by atoms with Crippen LogP contribution in [0.5, 0.6) is 0 Å². The van der Waals surface area contributed by atoms with Gasteiger partial charge in [-0.2, -0.15) is 0 Å². The SMILES string of the molecule is O=S1(=O)c2cc(I)cc(I)c2S(=O)(=O)C2C3OC(C4C5CCC(O5)C34)C21. The molecule has 6 nitrogen and oxygen atoms in total. The molecule has 5 aliphatic heterocycles. The molecule has 140 valence electrons. The Balaban J connectivity index is 1.62. The second kappa shape index (κ2) is 5.15. The van der Waals surface area contributed by atoms with Crippen molar-refractivity contribution < 1.29 is 26.3 Å². The summed E-state index contributed by atoms with van der Waals surface area (Å²) in [6.45, 7) is 0. The Bertz CT molecular complexity index is 1070. The highest BCUT2D eigenvalue weighted by atomic mass is 127. The third-order valence-corrected chi connectivity index (χ3v) is 13.4. The van der Waals surface area contributed by atoms with Crippen molar-refractivity contribution in [2.75, 3.05) is 0 Å². The van der Waals surface area contributed by atoms with Crippen LogP contribution in [-0.2, 0) is 29.1 Å². The largest absolute Gasteiger partial charge is 0.374 e. The molecule has 0 N–H and O–H groups in total. The van der Waals surface area contributed by atoms with E-state index in [1.165, 1.54) is 6.07 Å². The lowest BCUT2D eigenvalue weighted by Gasteiger charge is -2.40. The first-order chi connectivity index (χ1) is 12.2. The van der Waals surface area contributed by atoms with E-state index in [1.807, 2.05) is 45.2 Å². The number of benzene rings is 1. The van der Waals surface area contributed by atoms with Gasteiger partial charge in [0.05, 0.1) is 34.2 Å². The highest BCUT2D eigenvalue weighted by Gasteiger charge is 2.75. The molecule has 1 aromatic rings. The molecule has 4 saturated heterocycles. The molecule has 8 atom stereocenters. The third-order valence-electron chi connectivity index (χ3n) is 6.71. The fourth-order valence-electron chi connectivity index (χ4n) is 5.96. The molecule has 5 heterocycles. The van der Waals surface area contributed by atoms with Gasteiger partial charge in [0.15, 0.2) is 19.7 Å². The Morgan fingerprint density at radius 3 is 2.04 bits per heavy atom. The van der Waals surface area contributed by atoms with Gasteiger partial charge in [-0.05, 0) is 70.2 Å². The molecule has 0 aromatic heterocycles. The molecule has 0 radical (unpaired) electrons. The smallest absolute Gasteiger partial charge is 0.187 e. The summed E-state index contributed by atoms with van der Waals surface area (Å²) in [5.41, 5.74) is 0. The van der Waals surface area contributed by atoms with Gasteiger partial charge in [0.2, 0.25) is 0 Å². The van der Waals surface area contributed by atoms with E-state index < -0.39 is 42.4 Å². The number of rotatable bonds is 0. The Morgan fingerprint density at radius 1 is 0.846 bits per heavy atom. The van der Waals surface area contributed by atoms with Gasteiger partial charge in [-0.1, -0.05) is 0 Å². The molecule has 0 saturated carbocycles. The average molecular weight is 620 g/mol. The molecule has 4 fully saturated rings. The second-order valence-electron chi connectivity index (χ2n) is 7.74. The topological polar surface area (TPSA) is 86.7 Å². The van der Waals surface area contributed by atoms with Crippen molar-refractivity contribution >= 4 is 64.9 Å². The van der Waals surface area contributed by atoms with E-state index in [4.69, 9.17) is 9.47 Å². The number of hydrogen-bond donors (Lipinski definition) is 0. The first kappa shape index (κ1) is 17.4. The van der Waals surface area contributed by atoms with Crippen molar-refractivity contribution in [3.8, 4) is 0 Å². The average Bonchev–Trinajstić information content (AvgIpc) is 3.29. The van der Waals surface area contributed by atoms with Crippen LogP contribution < -0.4 is 0 Å². The lowest BCUT2D eigenvalue weighted by atomic mass is 9.70. The Hall–Kier alpha value is 0.500. The van der Waals surface area contributed by atoms with E-state index in [9.17, 15) is 16.8 Å². The van der Waals surface area contributed by atoms with Crippen LogP contribution >= 0.6 is 45.2 Å². The molecule has 10 heteroatoms. The summed E-state index contributed by atoms with van der Waals surface area (Å²) in [5.74, 6) is 0.0152. The predicted molar refractivity (Wildman–Crippen MR) is 107 cm³/mol. The van der Waals surface area contributed by atoms with Crippen molar-refractivity contribution in [1.82, 2.24) is 0 Å². The van der Waals surface area contributed by atoms with Crippen molar-refractivity contribution in [3.63, 3.8) is 0 Å². The molecular weight excluding hydrogens is 606 g/mol. The van der Waals surface area contributed by atoms with Gasteiger partial charge < -0.3 is 9.47 Å². The quantitative estimate of drug-likeness (QED) is 0.412. The van der Waals surface area contributed by atoms with Gasteiger partial charge in [-0.25, -0.2) is 16.8 Å². The standard InChI is InChI=1S/C16H14I2O6S2/c17-5-3-6(18)14-9(4-5)25(19,20)15-12-10-7-1-2-8(23-7)11(10)13(24-12)16(15)26(14,21)22/h3-4,7-8,10-13,15-16H,1-2H2. The maximum atomic E-state index is 13.5. The van der Waals surface area contributed by atoms with E-state index in [1.54, 1.807) is 6.07 Å². The number of sulfone groups is 2. The molecule has 8 unspecified atom stereocenters. The molecule has 0 aliphatic carbocycles. The van der Waals surface area contributed by atoms with Crippen LogP contribution in [0.2, 0.25) is 0 Å². The number of fused-ring (bicyclic) bond motifs is 13. The summed E-state index contributed by atoms with van der Waals surface area (Å²) in [5, 5.41) is -2.02. The van der Waals surface area contributed by atoms with Gasteiger partial charge >= 0.3 is 0 Å². The van der Waals surface area contributed by atoms with Gasteiger partial charge in [-0.3, -0.25) is 0 Å². The first-order valence-electron chi connectivity index (χ1n) is 8.50. The van der Waals surface area contributed by atoms with Gasteiger partial charge in [0.1, 0.15) is 10.5 Å². The van der Waals surface area contributed by atoms with E-state index >= 15 is 0 Å². The Labute approximate surface area is 178 Å². The maximum absolute atomic E-state index is 13.5. The highest BCUT2D eigenvalue weighted by molar-refractivity contribution is 14.1. The van der Waals surface area contributed by atoms with Crippen molar-refractivity contribution in [3.05, 3.63) is 19.3 Å². The number of halogens is 2. The van der Waals surface area contributed by atoms with E-state index in [0.717, 1.165) is 12.8 Å². The molecule has 4 bridgehead atoms. The number of ether oxygens (including phenoxy) is 2.